The van der Waals surface area contributed by atoms with Crippen molar-refractivity contribution < 1.29 is 9.59 Å². The lowest BCUT2D eigenvalue weighted by atomic mass is 9.91. The number of H-pyrrole nitrogens is 1. The van der Waals surface area contributed by atoms with Gasteiger partial charge in [-0.3, -0.25) is 34.3 Å². The van der Waals surface area contributed by atoms with Crippen molar-refractivity contribution in [2.45, 2.75) is 104 Å². The van der Waals surface area contributed by atoms with Gasteiger partial charge < -0.3 is 27.1 Å². The Balaban J connectivity index is 0.000000196. The van der Waals surface area contributed by atoms with E-state index in [0.717, 1.165) is 67.6 Å². The summed E-state index contributed by atoms with van der Waals surface area (Å²) in [5.74, 6) is 1.04. The lowest BCUT2D eigenvalue weighted by molar-refractivity contribution is -0.115. The van der Waals surface area contributed by atoms with E-state index in [0.29, 0.717) is 41.9 Å². The molecule has 8 rings (SSSR count). The SMILES string of the molecule is C/C=C\C(=C/C1=CNCC(CN(C)C2CCCc3cccnc32)=N1)C(N)=O.CC.CC1CCNCC1.CN(Cc1nc2c([nH]1)CC=C(C(N)=O)C=C2)C1CCCc2cccnc21. The standard InChI is InChI=1S/C21H27N5O.C20H23N5O.C6H13N.C2H6/c1-3-6-16(21(22)27)11-17-12-23-13-18(25-17)14-26(2)19-9-4-7-15-8-5-10-24-20(15)19;1-25(17-6-2-4-13-5-3-11-22-19(13)17)12-18-23-15-9-7-14(20(21)26)8-10-16(15)24-18;1-6-2-4-7-5-3-6;1-2/h3,5-6,8,10-12,19,23H,4,7,9,13-14H2,1-2H3,(H2,22,27);3,5,7-9,11,17H,2,4,6,10,12H2,1H3,(H2,21,26)(H,23,24);6-7H,2-5H2,1H3;1-2H3/b6-3-,16-11+;;;. The van der Waals surface area contributed by atoms with E-state index in [1.807, 2.05) is 63.6 Å². The van der Waals surface area contributed by atoms with E-state index in [2.05, 4.69) is 68.5 Å². The van der Waals surface area contributed by atoms with Crippen LogP contribution in [0.3, 0.4) is 0 Å². The number of pyridine rings is 2. The van der Waals surface area contributed by atoms with Crippen LogP contribution in [0.25, 0.3) is 6.08 Å². The number of hydrogen-bond acceptors (Lipinski definition) is 10. The van der Waals surface area contributed by atoms with Crippen molar-refractivity contribution in [3.8, 4) is 0 Å². The zero-order valence-corrected chi connectivity index (χ0v) is 37.8. The predicted molar refractivity (Wildman–Crippen MR) is 251 cm³/mol. The molecule has 0 spiro atoms. The van der Waals surface area contributed by atoms with Gasteiger partial charge in [-0.25, -0.2) is 4.98 Å². The molecule has 2 unspecified atom stereocenters. The Kier molecular flexibility index (Phi) is 18.6. The molecular weight excluding hydrogens is 775 g/mol. The number of nitrogens with zero attached hydrogens (tertiary/aromatic N) is 6. The number of amides is 2. The van der Waals surface area contributed by atoms with Gasteiger partial charge in [0.1, 0.15) is 5.82 Å². The van der Waals surface area contributed by atoms with Gasteiger partial charge in [-0.15, -0.1) is 0 Å². The summed E-state index contributed by atoms with van der Waals surface area (Å²) in [6, 6.07) is 9.03. The van der Waals surface area contributed by atoms with E-state index < -0.39 is 11.8 Å². The molecule has 62 heavy (non-hydrogen) atoms. The number of carbonyl (C=O) groups is 2. The number of hydrogen-bond donors (Lipinski definition) is 5. The van der Waals surface area contributed by atoms with Crippen molar-refractivity contribution in [2.24, 2.45) is 22.4 Å². The number of allylic oxidation sites excluding steroid dienone is 3. The number of piperidine rings is 1. The number of carbonyl (C=O) groups excluding carboxylic acids is 2. The first-order valence-corrected chi connectivity index (χ1v) is 22.5. The topological polar surface area (TPSA) is 184 Å². The molecule has 0 radical (unpaired) electrons. The van der Waals surface area contributed by atoms with Gasteiger partial charge in [0.05, 0.1) is 53.7 Å². The molecule has 5 heterocycles. The average molecular weight is 844 g/mol. The molecule has 0 aromatic carbocycles. The number of fused-ring (bicyclic) bond motifs is 3. The van der Waals surface area contributed by atoms with Crippen LogP contribution in [-0.4, -0.2) is 87.5 Å². The van der Waals surface area contributed by atoms with Gasteiger partial charge in [0.15, 0.2) is 0 Å². The van der Waals surface area contributed by atoms with E-state index >= 15 is 0 Å². The highest BCUT2D eigenvalue weighted by Gasteiger charge is 2.27. The van der Waals surface area contributed by atoms with Crippen LogP contribution in [0.5, 0.6) is 0 Å². The molecule has 13 heteroatoms. The smallest absolute Gasteiger partial charge is 0.248 e. The van der Waals surface area contributed by atoms with Gasteiger partial charge in [-0.1, -0.05) is 51.1 Å². The zero-order valence-electron chi connectivity index (χ0n) is 37.8. The summed E-state index contributed by atoms with van der Waals surface area (Å²) in [6.45, 7) is 12.8. The van der Waals surface area contributed by atoms with E-state index in [1.165, 1.54) is 61.3 Å². The largest absolute Gasteiger partial charge is 0.384 e. The first-order chi connectivity index (χ1) is 30.1. The molecule has 1 saturated heterocycles. The maximum absolute atomic E-state index is 11.5. The van der Waals surface area contributed by atoms with Crippen molar-refractivity contribution >= 4 is 23.6 Å². The number of aromatic amines is 1. The number of nitrogens with one attached hydrogen (secondary N) is 3. The number of aliphatic imine (C=N–C) groups is 1. The Morgan fingerprint density at radius 3 is 2.08 bits per heavy atom. The molecule has 5 aliphatic rings. The van der Waals surface area contributed by atoms with Crippen LogP contribution in [0.4, 0.5) is 0 Å². The van der Waals surface area contributed by atoms with E-state index in [1.54, 1.807) is 24.3 Å². The van der Waals surface area contributed by atoms with Crippen LogP contribution in [-0.2, 0) is 35.4 Å². The molecule has 2 aliphatic heterocycles. The third kappa shape index (κ3) is 13.5. The van der Waals surface area contributed by atoms with E-state index in [-0.39, 0.29) is 0 Å². The minimum absolute atomic E-state index is 0.312. The molecular formula is C49H69N11O2. The third-order valence-electron chi connectivity index (χ3n) is 11.7. The quantitative estimate of drug-likeness (QED) is 0.111. The third-order valence-corrected chi connectivity index (χ3v) is 11.7. The number of aryl methyl sites for hydroxylation is 2. The summed E-state index contributed by atoms with van der Waals surface area (Å²) in [5.41, 5.74) is 20.5. The Morgan fingerprint density at radius 1 is 0.887 bits per heavy atom. The van der Waals surface area contributed by atoms with Gasteiger partial charge in [0.25, 0.3) is 0 Å². The maximum Gasteiger partial charge on any atom is 0.248 e. The van der Waals surface area contributed by atoms with Crippen LogP contribution in [0.2, 0.25) is 0 Å². The highest BCUT2D eigenvalue weighted by molar-refractivity contribution is 5.96. The van der Waals surface area contributed by atoms with Gasteiger partial charge in [0, 0.05) is 48.4 Å². The second-order valence-corrected chi connectivity index (χ2v) is 16.4. The zero-order chi connectivity index (χ0) is 44.4. The maximum atomic E-state index is 11.5. The molecule has 3 aromatic heterocycles. The normalized spacial score (nSPS) is 19.6. The summed E-state index contributed by atoms with van der Waals surface area (Å²) in [4.78, 5) is 49.6. The molecule has 7 N–H and O–H groups in total. The summed E-state index contributed by atoms with van der Waals surface area (Å²) >= 11 is 0. The Bertz CT molecular complexity index is 2140. The first kappa shape index (κ1) is 47.5. The summed E-state index contributed by atoms with van der Waals surface area (Å²) in [6.07, 6.45) is 26.4. The minimum Gasteiger partial charge on any atom is -0.384 e. The minimum atomic E-state index is -0.460. The van der Waals surface area contributed by atoms with Gasteiger partial charge in [0.2, 0.25) is 11.8 Å². The second kappa shape index (κ2) is 24.2. The first-order valence-electron chi connectivity index (χ1n) is 22.5. The van der Waals surface area contributed by atoms with Crippen LogP contribution < -0.4 is 22.1 Å². The van der Waals surface area contributed by atoms with Crippen LogP contribution >= 0.6 is 0 Å². The van der Waals surface area contributed by atoms with Gasteiger partial charge >= 0.3 is 0 Å². The van der Waals surface area contributed by atoms with Crippen molar-refractivity contribution in [3.63, 3.8) is 0 Å². The van der Waals surface area contributed by atoms with Crippen molar-refractivity contribution in [1.82, 2.24) is 40.4 Å². The number of primary amides is 2. The van der Waals surface area contributed by atoms with Gasteiger partial charge in [-0.05, 0) is 133 Å². The number of imidazole rings is 1. The number of rotatable bonds is 10. The van der Waals surface area contributed by atoms with Crippen molar-refractivity contribution in [1.29, 1.82) is 0 Å². The fraction of sp³-hybridized carbons (Fsp3) is 0.469. The van der Waals surface area contributed by atoms with Crippen LogP contribution in [0.1, 0.15) is 118 Å². The highest BCUT2D eigenvalue weighted by atomic mass is 16.1. The molecule has 332 valence electrons. The van der Waals surface area contributed by atoms with E-state index in [4.69, 9.17) is 21.4 Å². The molecule has 2 amide bonds. The molecule has 0 saturated carbocycles. The van der Waals surface area contributed by atoms with Crippen molar-refractivity contribution in [3.05, 3.63) is 130 Å². The molecule has 3 aliphatic carbocycles. The summed E-state index contributed by atoms with van der Waals surface area (Å²) in [5, 5.41) is 6.56. The fourth-order valence-electron chi connectivity index (χ4n) is 8.45. The number of aromatic nitrogens is 4. The molecule has 3 aromatic rings. The lowest BCUT2D eigenvalue weighted by Crippen LogP contribution is -2.37. The monoisotopic (exact) mass is 844 g/mol. The highest BCUT2D eigenvalue weighted by Crippen LogP contribution is 2.33. The lowest BCUT2D eigenvalue weighted by Gasteiger charge is -2.32. The molecule has 1 fully saturated rings. The summed E-state index contributed by atoms with van der Waals surface area (Å²) in [7, 11) is 4.25. The second-order valence-electron chi connectivity index (χ2n) is 16.4. The number of nitrogens with two attached hydrogens (primary N) is 2. The van der Waals surface area contributed by atoms with Crippen molar-refractivity contribution in [2.75, 3.05) is 40.3 Å². The Hall–Kier alpha value is -5.50. The fourth-order valence-corrected chi connectivity index (χ4v) is 8.45. The molecule has 2 atom stereocenters. The van der Waals surface area contributed by atoms with Crippen LogP contribution in [0.15, 0.2) is 95.1 Å². The van der Waals surface area contributed by atoms with Crippen LogP contribution in [0, 0.1) is 5.92 Å². The Morgan fingerprint density at radius 2 is 1.52 bits per heavy atom. The Labute approximate surface area is 369 Å². The van der Waals surface area contributed by atoms with E-state index in [9.17, 15) is 9.59 Å². The molecule has 0 bridgehead atoms. The van der Waals surface area contributed by atoms with Gasteiger partial charge in [-0.2, -0.15) is 0 Å². The summed E-state index contributed by atoms with van der Waals surface area (Å²) < 4.78 is 0. The predicted octanol–water partition coefficient (Wildman–Crippen LogP) is 6.59. The average Bonchev–Trinajstić information content (AvgIpc) is 3.56. The molecule has 13 nitrogen and oxygen atoms in total.